The first-order valence-electron chi connectivity index (χ1n) is 8.51. The second-order valence-electron chi connectivity index (χ2n) is 6.54. The van der Waals surface area contributed by atoms with Gasteiger partial charge in [0.15, 0.2) is 0 Å². The second-order valence-corrected chi connectivity index (χ2v) is 6.97. The van der Waals surface area contributed by atoms with Crippen molar-refractivity contribution in [2.24, 2.45) is 4.99 Å². The van der Waals surface area contributed by atoms with Crippen molar-refractivity contribution in [3.8, 4) is 0 Å². The number of aliphatic imine (C=N–C) groups is 1. The molecule has 134 valence electrons. The number of rotatable bonds is 5. The van der Waals surface area contributed by atoms with E-state index in [-0.39, 0.29) is 11.8 Å². The standard InChI is InChI=1S/C20H20ClN3O2/c1-23(2)11-10-22-13-18-16-8-3-4-9-17(16)19(25)24(20(18)26)15-7-5-6-14(21)12-15/h3-9,12-13,18H,10-11H2,1-2H3/p+1. The first kappa shape index (κ1) is 18.3. The lowest BCUT2D eigenvalue weighted by atomic mass is 9.89. The molecule has 2 amide bonds. The highest BCUT2D eigenvalue weighted by Gasteiger charge is 2.38. The van der Waals surface area contributed by atoms with Gasteiger partial charge in [-0.05, 0) is 29.8 Å². The van der Waals surface area contributed by atoms with Crippen LogP contribution in [-0.2, 0) is 4.79 Å². The fourth-order valence-corrected chi connectivity index (χ4v) is 3.11. The van der Waals surface area contributed by atoms with Crippen molar-refractivity contribution < 1.29 is 14.5 Å². The highest BCUT2D eigenvalue weighted by molar-refractivity contribution is 6.32. The first-order valence-corrected chi connectivity index (χ1v) is 8.88. The topological polar surface area (TPSA) is 54.2 Å². The summed E-state index contributed by atoms with van der Waals surface area (Å²) in [5, 5.41) is 0.473. The maximum Gasteiger partial charge on any atom is 0.265 e. The highest BCUT2D eigenvalue weighted by Crippen LogP contribution is 2.32. The molecule has 1 N–H and O–H groups in total. The van der Waals surface area contributed by atoms with Gasteiger partial charge in [0.05, 0.1) is 38.8 Å². The molecule has 1 aliphatic rings. The summed E-state index contributed by atoms with van der Waals surface area (Å²) in [4.78, 5) is 32.9. The number of carbonyl (C=O) groups is 2. The zero-order valence-corrected chi connectivity index (χ0v) is 15.5. The van der Waals surface area contributed by atoms with Crippen LogP contribution in [0.3, 0.4) is 0 Å². The summed E-state index contributed by atoms with van der Waals surface area (Å²) in [6, 6.07) is 13.9. The van der Waals surface area contributed by atoms with Crippen LogP contribution in [0.2, 0.25) is 5.02 Å². The van der Waals surface area contributed by atoms with Crippen LogP contribution in [0.5, 0.6) is 0 Å². The molecule has 1 atom stereocenters. The number of anilines is 1. The van der Waals surface area contributed by atoms with Crippen molar-refractivity contribution in [3.63, 3.8) is 0 Å². The van der Waals surface area contributed by atoms with Crippen LogP contribution in [0.1, 0.15) is 21.8 Å². The van der Waals surface area contributed by atoms with Gasteiger partial charge in [0.2, 0.25) is 5.91 Å². The molecule has 0 saturated heterocycles. The fourth-order valence-electron chi connectivity index (χ4n) is 2.93. The minimum absolute atomic E-state index is 0.308. The summed E-state index contributed by atoms with van der Waals surface area (Å²) in [6.45, 7) is 1.50. The van der Waals surface area contributed by atoms with Gasteiger partial charge in [0, 0.05) is 16.8 Å². The van der Waals surface area contributed by atoms with E-state index in [1.165, 1.54) is 9.80 Å². The Labute approximate surface area is 157 Å². The van der Waals surface area contributed by atoms with Crippen LogP contribution in [0.25, 0.3) is 0 Å². The summed E-state index contributed by atoms with van der Waals surface area (Å²) in [5.41, 5.74) is 1.68. The lowest BCUT2D eigenvalue weighted by Gasteiger charge is -2.31. The molecule has 0 radical (unpaired) electrons. The number of imide groups is 1. The predicted molar refractivity (Wildman–Crippen MR) is 103 cm³/mol. The molecular formula is C20H21ClN3O2+. The number of benzene rings is 2. The van der Waals surface area contributed by atoms with Gasteiger partial charge in [0.1, 0.15) is 0 Å². The smallest absolute Gasteiger partial charge is 0.265 e. The summed E-state index contributed by atoms with van der Waals surface area (Å²) in [7, 11) is 4.10. The van der Waals surface area contributed by atoms with Crippen LogP contribution in [0.15, 0.2) is 53.5 Å². The SMILES string of the molecule is C[NH+](C)CCN=CC1C(=O)N(c2cccc(Cl)c2)C(=O)c2ccccc21. The van der Waals surface area contributed by atoms with Crippen LogP contribution in [0, 0.1) is 0 Å². The Bertz CT molecular complexity index is 864. The van der Waals surface area contributed by atoms with Gasteiger partial charge in [-0.25, -0.2) is 4.90 Å². The number of quaternary nitrogens is 1. The minimum atomic E-state index is -0.583. The number of carbonyl (C=O) groups excluding carboxylic acids is 2. The normalized spacial score (nSPS) is 17.2. The number of amides is 2. The van der Waals surface area contributed by atoms with Gasteiger partial charge in [0.25, 0.3) is 5.91 Å². The Balaban J connectivity index is 1.99. The molecule has 0 saturated carbocycles. The lowest BCUT2D eigenvalue weighted by molar-refractivity contribution is -0.856. The molecule has 2 aromatic rings. The molecule has 0 aliphatic carbocycles. The fraction of sp³-hybridized carbons (Fsp3) is 0.250. The average Bonchev–Trinajstić information content (AvgIpc) is 2.61. The van der Waals surface area contributed by atoms with E-state index < -0.39 is 5.92 Å². The molecule has 0 aromatic heterocycles. The second kappa shape index (κ2) is 7.81. The quantitative estimate of drug-likeness (QED) is 0.645. The number of likely N-dealkylation sites (N-methyl/N-ethyl adjacent to an activating group) is 1. The van der Waals surface area contributed by atoms with E-state index in [2.05, 4.69) is 19.1 Å². The average molecular weight is 371 g/mol. The van der Waals surface area contributed by atoms with E-state index in [4.69, 9.17) is 11.6 Å². The molecule has 1 heterocycles. The molecule has 0 bridgehead atoms. The Morgan fingerprint density at radius 2 is 1.92 bits per heavy atom. The van der Waals surface area contributed by atoms with Crippen LogP contribution >= 0.6 is 11.6 Å². The monoisotopic (exact) mass is 370 g/mol. The lowest BCUT2D eigenvalue weighted by Crippen LogP contribution is -3.06. The van der Waals surface area contributed by atoms with E-state index >= 15 is 0 Å². The van der Waals surface area contributed by atoms with Crippen molar-refractivity contribution in [2.45, 2.75) is 5.92 Å². The molecule has 1 unspecified atom stereocenters. The molecule has 3 rings (SSSR count). The van der Waals surface area contributed by atoms with Crippen molar-refractivity contribution in [2.75, 3.05) is 32.1 Å². The molecule has 6 heteroatoms. The van der Waals surface area contributed by atoms with Gasteiger partial charge < -0.3 is 4.90 Å². The molecule has 26 heavy (non-hydrogen) atoms. The summed E-state index contributed by atoms with van der Waals surface area (Å²) in [6.07, 6.45) is 1.66. The summed E-state index contributed by atoms with van der Waals surface area (Å²) < 4.78 is 0. The Morgan fingerprint density at radius 3 is 2.65 bits per heavy atom. The van der Waals surface area contributed by atoms with E-state index in [1.54, 1.807) is 42.6 Å². The van der Waals surface area contributed by atoms with Crippen LogP contribution in [-0.4, -0.2) is 45.2 Å². The van der Waals surface area contributed by atoms with Gasteiger partial charge in [-0.1, -0.05) is 35.9 Å². The third kappa shape index (κ3) is 3.69. The number of hydrogen-bond acceptors (Lipinski definition) is 3. The van der Waals surface area contributed by atoms with Gasteiger partial charge in [-0.2, -0.15) is 0 Å². The van der Waals surface area contributed by atoms with Crippen molar-refractivity contribution in [1.82, 2.24) is 0 Å². The van der Waals surface area contributed by atoms with E-state index in [0.29, 0.717) is 28.4 Å². The van der Waals surface area contributed by atoms with Crippen molar-refractivity contribution >= 4 is 35.3 Å². The van der Waals surface area contributed by atoms with Crippen LogP contribution < -0.4 is 9.80 Å². The number of fused-ring (bicyclic) bond motifs is 1. The minimum Gasteiger partial charge on any atom is -0.338 e. The van der Waals surface area contributed by atoms with Crippen LogP contribution in [0.4, 0.5) is 5.69 Å². The Kier molecular flexibility index (Phi) is 5.49. The zero-order valence-electron chi connectivity index (χ0n) is 14.8. The number of nitrogens with zero attached hydrogens (tertiary/aromatic N) is 2. The molecular weight excluding hydrogens is 350 g/mol. The molecule has 2 aromatic carbocycles. The first-order chi connectivity index (χ1) is 12.5. The maximum absolute atomic E-state index is 13.1. The third-order valence-corrected chi connectivity index (χ3v) is 4.51. The molecule has 0 spiro atoms. The Morgan fingerprint density at radius 1 is 1.15 bits per heavy atom. The van der Waals surface area contributed by atoms with Gasteiger partial charge in [-0.15, -0.1) is 0 Å². The van der Waals surface area contributed by atoms with Gasteiger partial charge in [-0.3, -0.25) is 14.6 Å². The molecule has 0 fully saturated rings. The predicted octanol–water partition coefficient (Wildman–Crippen LogP) is 1.83. The molecule has 5 nitrogen and oxygen atoms in total. The summed E-state index contributed by atoms with van der Waals surface area (Å²) >= 11 is 6.05. The number of nitrogens with one attached hydrogen (secondary N) is 1. The number of hydrogen-bond donors (Lipinski definition) is 1. The van der Waals surface area contributed by atoms with Crippen molar-refractivity contribution in [3.05, 3.63) is 64.7 Å². The van der Waals surface area contributed by atoms with E-state index in [0.717, 1.165) is 6.54 Å². The van der Waals surface area contributed by atoms with E-state index in [9.17, 15) is 9.59 Å². The van der Waals surface area contributed by atoms with Gasteiger partial charge >= 0.3 is 0 Å². The Hall–Kier alpha value is -2.50. The highest BCUT2D eigenvalue weighted by atomic mass is 35.5. The van der Waals surface area contributed by atoms with Crippen molar-refractivity contribution in [1.29, 1.82) is 0 Å². The number of halogens is 1. The van der Waals surface area contributed by atoms with E-state index in [1.807, 2.05) is 12.1 Å². The largest absolute Gasteiger partial charge is 0.338 e. The summed E-state index contributed by atoms with van der Waals surface area (Å²) in [5.74, 6) is -1.23. The zero-order chi connectivity index (χ0) is 18.7. The third-order valence-electron chi connectivity index (χ3n) is 4.28. The maximum atomic E-state index is 13.1. The molecule has 1 aliphatic heterocycles.